The van der Waals surface area contributed by atoms with Crippen LogP contribution in [0.15, 0.2) is 42.5 Å². The smallest absolute Gasteiger partial charge is 0.339 e. The van der Waals surface area contributed by atoms with Crippen molar-refractivity contribution in [1.82, 2.24) is 10.3 Å². The van der Waals surface area contributed by atoms with Gasteiger partial charge >= 0.3 is 5.97 Å². The van der Waals surface area contributed by atoms with E-state index >= 15 is 0 Å². The number of halogens is 1. The first-order chi connectivity index (χ1) is 12.1. The van der Waals surface area contributed by atoms with Gasteiger partial charge in [0.1, 0.15) is 0 Å². The molecule has 1 amide bonds. The maximum Gasteiger partial charge on any atom is 0.339 e. The van der Waals surface area contributed by atoms with E-state index in [0.717, 1.165) is 4.88 Å². The molecule has 3 aromatic rings. The maximum atomic E-state index is 12.5. The molecule has 0 spiro atoms. The average molecular weight is 375 g/mol. The fourth-order valence-corrected chi connectivity index (χ4v) is 3.38. The number of likely N-dealkylation sites (N-methyl/N-ethyl adjacent to an activating group) is 1. The molecular weight excluding hydrogens is 360 g/mol. The molecule has 5 nitrogen and oxygen atoms in total. The first kappa shape index (κ1) is 17.4. The highest BCUT2D eigenvalue weighted by Crippen LogP contribution is 2.32. The van der Waals surface area contributed by atoms with Crippen LogP contribution in [-0.2, 0) is 9.53 Å². The summed E-state index contributed by atoms with van der Waals surface area (Å²) in [5.74, 6) is -0.895. The van der Waals surface area contributed by atoms with Crippen molar-refractivity contribution < 1.29 is 14.3 Å². The molecular formula is C18H15ClN2O3S. The monoisotopic (exact) mass is 374 g/mol. The van der Waals surface area contributed by atoms with E-state index < -0.39 is 5.97 Å². The molecule has 0 bridgehead atoms. The zero-order chi connectivity index (χ0) is 17.8. The van der Waals surface area contributed by atoms with Crippen LogP contribution < -0.4 is 5.32 Å². The molecule has 0 saturated carbocycles. The standard InChI is InChI=1S/C18H15ClN2O3S/c1-2-20-17(22)10-24-18(23)12-9-14(15-7-8-16(19)25-15)21-13-6-4-3-5-11(12)13/h3-9H,2,10H2,1H3,(H,20,22). The largest absolute Gasteiger partial charge is 0.452 e. The third-order valence-corrected chi connectivity index (χ3v) is 4.72. The van der Waals surface area contributed by atoms with E-state index in [-0.39, 0.29) is 12.5 Å². The third kappa shape index (κ3) is 3.97. The van der Waals surface area contributed by atoms with Crippen molar-refractivity contribution in [3.8, 4) is 10.6 Å². The molecule has 3 rings (SSSR count). The molecule has 0 aliphatic heterocycles. The van der Waals surface area contributed by atoms with Crippen LogP contribution >= 0.6 is 22.9 Å². The van der Waals surface area contributed by atoms with Gasteiger partial charge in [-0.15, -0.1) is 11.3 Å². The van der Waals surface area contributed by atoms with Gasteiger partial charge in [-0.05, 0) is 31.2 Å². The number of para-hydroxylation sites is 1. The number of hydrogen-bond donors (Lipinski definition) is 1. The Kier molecular flexibility index (Phi) is 5.31. The Hall–Kier alpha value is -2.44. The minimum absolute atomic E-state index is 0.316. The van der Waals surface area contributed by atoms with Gasteiger partial charge in [-0.3, -0.25) is 4.79 Å². The molecule has 128 valence electrons. The van der Waals surface area contributed by atoms with Gasteiger partial charge in [-0.1, -0.05) is 29.8 Å². The summed E-state index contributed by atoms with van der Waals surface area (Å²) in [7, 11) is 0. The van der Waals surface area contributed by atoms with E-state index in [1.54, 1.807) is 25.1 Å². The van der Waals surface area contributed by atoms with Crippen molar-refractivity contribution in [1.29, 1.82) is 0 Å². The number of fused-ring (bicyclic) bond motifs is 1. The van der Waals surface area contributed by atoms with Crippen molar-refractivity contribution >= 4 is 45.7 Å². The molecule has 0 atom stereocenters. The second-order valence-electron chi connectivity index (χ2n) is 5.21. The fourth-order valence-electron chi connectivity index (χ4n) is 2.38. The lowest BCUT2D eigenvalue weighted by Gasteiger charge is -2.09. The number of esters is 1. The topological polar surface area (TPSA) is 68.3 Å². The summed E-state index contributed by atoms with van der Waals surface area (Å²) >= 11 is 7.38. The number of thiophene rings is 1. The van der Waals surface area contributed by atoms with Crippen LogP contribution in [0.3, 0.4) is 0 Å². The quantitative estimate of drug-likeness (QED) is 0.687. The van der Waals surface area contributed by atoms with Gasteiger partial charge in [0.15, 0.2) is 6.61 Å². The van der Waals surface area contributed by atoms with Gasteiger partial charge in [0.05, 0.1) is 26.0 Å². The number of rotatable bonds is 5. The van der Waals surface area contributed by atoms with Crippen LogP contribution in [0, 0.1) is 0 Å². The Bertz CT molecular complexity index is 939. The van der Waals surface area contributed by atoms with Crippen LogP contribution in [-0.4, -0.2) is 30.0 Å². The fraction of sp³-hybridized carbons (Fsp3) is 0.167. The molecule has 7 heteroatoms. The van der Waals surface area contributed by atoms with Crippen LogP contribution in [0.25, 0.3) is 21.5 Å². The van der Waals surface area contributed by atoms with Gasteiger partial charge in [-0.25, -0.2) is 9.78 Å². The van der Waals surface area contributed by atoms with Gasteiger partial charge < -0.3 is 10.1 Å². The van der Waals surface area contributed by atoms with Crippen molar-refractivity contribution in [3.63, 3.8) is 0 Å². The van der Waals surface area contributed by atoms with Gasteiger partial charge in [-0.2, -0.15) is 0 Å². The summed E-state index contributed by atoms with van der Waals surface area (Å²) < 4.78 is 5.79. The van der Waals surface area contributed by atoms with Crippen molar-refractivity contribution in [3.05, 3.63) is 52.4 Å². The lowest BCUT2D eigenvalue weighted by molar-refractivity contribution is -0.124. The van der Waals surface area contributed by atoms with Crippen molar-refractivity contribution in [2.45, 2.75) is 6.92 Å². The van der Waals surface area contributed by atoms with E-state index in [2.05, 4.69) is 10.3 Å². The molecule has 0 aliphatic rings. The van der Waals surface area contributed by atoms with Gasteiger partial charge in [0.25, 0.3) is 5.91 Å². The Morgan fingerprint density at radius 1 is 1.24 bits per heavy atom. The number of hydrogen-bond acceptors (Lipinski definition) is 5. The molecule has 1 N–H and O–H groups in total. The average Bonchev–Trinajstić information content (AvgIpc) is 3.05. The van der Waals surface area contributed by atoms with Crippen LogP contribution in [0.4, 0.5) is 0 Å². The lowest BCUT2D eigenvalue weighted by atomic mass is 10.1. The summed E-state index contributed by atoms with van der Waals surface area (Å²) in [4.78, 5) is 29.5. The maximum absolute atomic E-state index is 12.5. The van der Waals surface area contributed by atoms with E-state index in [0.29, 0.717) is 33.0 Å². The molecule has 2 aromatic heterocycles. The predicted molar refractivity (Wildman–Crippen MR) is 99.0 cm³/mol. The first-order valence-corrected chi connectivity index (χ1v) is 8.87. The van der Waals surface area contributed by atoms with E-state index in [4.69, 9.17) is 16.3 Å². The van der Waals surface area contributed by atoms with Crippen molar-refractivity contribution in [2.75, 3.05) is 13.2 Å². The molecule has 0 unspecified atom stereocenters. The Morgan fingerprint density at radius 2 is 2.04 bits per heavy atom. The number of amides is 1. The number of nitrogens with zero attached hydrogens (tertiary/aromatic N) is 1. The van der Waals surface area contributed by atoms with Crippen molar-refractivity contribution in [2.24, 2.45) is 0 Å². The number of ether oxygens (including phenoxy) is 1. The molecule has 2 heterocycles. The Labute approximate surface area is 153 Å². The third-order valence-electron chi connectivity index (χ3n) is 3.47. The number of benzene rings is 1. The second-order valence-corrected chi connectivity index (χ2v) is 6.92. The number of pyridine rings is 1. The summed E-state index contributed by atoms with van der Waals surface area (Å²) in [5.41, 5.74) is 1.68. The van der Waals surface area contributed by atoms with Crippen LogP contribution in [0.1, 0.15) is 17.3 Å². The number of aromatic nitrogens is 1. The SMILES string of the molecule is CCNC(=O)COC(=O)c1cc(-c2ccc(Cl)s2)nc2ccccc12. The molecule has 25 heavy (non-hydrogen) atoms. The number of nitrogens with one attached hydrogen (secondary N) is 1. The van der Waals surface area contributed by atoms with Crippen LogP contribution in [0.5, 0.6) is 0 Å². The highest BCUT2D eigenvalue weighted by atomic mass is 35.5. The molecule has 0 radical (unpaired) electrons. The van der Waals surface area contributed by atoms with E-state index in [9.17, 15) is 9.59 Å². The lowest BCUT2D eigenvalue weighted by Crippen LogP contribution is -2.28. The Morgan fingerprint density at radius 3 is 2.76 bits per heavy atom. The molecule has 1 aromatic carbocycles. The Balaban J connectivity index is 1.97. The van der Waals surface area contributed by atoms with Gasteiger partial charge in [0, 0.05) is 11.9 Å². The summed E-state index contributed by atoms with van der Waals surface area (Å²) in [6.07, 6.45) is 0. The highest BCUT2D eigenvalue weighted by molar-refractivity contribution is 7.19. The van der Waals surface area contributed by atoms with E-state index in [1.165, 1.54) is 11.3 Å². The zero-order valence-corrected chi connectivity index (χ0v) is 15.0. The number of carbonyl (C=O) groups excluding carboxylic acids is 2. The predicted octanol–water partition coefficient (Wildman–Crippen LogP) is 3.91. The zero-order valence-electron chi connectivity index (χ0n) is 13.4. The molecule has 0 saturated heterocycles. The van der Waals surface area contributed by atoms with Gasteiger partial charge in [0.2, 0.25) is 0 Å². The molecule has 0 aliphatic carbocycles. The molecule has 0 fully saturated rings. The second kappa shape index (κ2) is 7.63. The minimum atomic E-state index is -0.561. The summed E-state index contributed by atoms with van der Waals surface area (Å²) in [6, 6.07) is 12.6. The van der Waals surface area contributed by atoms with E-state index in [1.807, 2.05) is 24.3 Å². The first-order valence-electron chi connectivity index (χ1n) is 7.68. The summed E-state index contributed by atoms with van der Waals surface area (Å²) in [6.45, 7) is 1.97. The summed E-state index contributed by atoms with van der Waals surface area (Å²) in [5, 5.41) is 3.26. The minimum Gasteiger partial charge on any atom is -0.452 e. The van der Waals surface area contributed by atoms with Crippen LogP contribution in [0.2, 0.25) is 4.34 Å². The number of carbonyl (C=O) groups is 2. The highest BCUT2D eigenvalue weighted by Gasteiger charge is 2.17. The normalized spacial score (nSPS) is 10.6.